The second-order valence-electron chi connectivity index (χ2n) is 5.48. The molecule has 2 aromatic carbocycles. The summed E-state index contributed by atoms with van der Waals surface area (Å²) in [5.74, 6) is 2.35. The zero-order valence-corrected chi connectivity index (χ0v) is 13.3. The van der Waals surface area contributed by atoms with E-state index < -0.39 is 0 Å². The fourth-order valence-electron chi connectivity index (χ4n) is 2.47. The lowest BCUT2D eigenvalue weighted by Gasteiger charge is -2.05. The van der Waals surface area contributed by atoms with E-state index in [0.717, 1.165) is 28.0 Å². The van der Waals surface area contributed by atoms with Gasteiger partial charge in [0.15, 0.2) is 18.1 Å². The largest absolute Gasteiger partial charge is 0.483 e. The standard InChI is InChI=1S/C18H15N3O3/c1-11-5-3-4-6-15(11)22-10-17-20-18(21-24-17)13-7-8-16-14(9-13)19-12(2)23-16/h3-9H,10H2,1-2H3. The number of hydrogen-bond acceptors (Lipinski definition) is 6. The van der Waals surface area contributed by atoms with Crippen LogP contribution in [0.25, 0.3) is 22.5 Å². The number of nitrogens with zero attached hydrogens (tertiary/aromatic N) is 3. The van der Waals surface area contributed by atoms with E-state index in [-0.39, 0.29) is 6.61 Å². The Labute approximate surface area is 138 Å². The number of ether oxygens (including phenoxy) is 1. The summed E-state index contributed by atoms with van der Waals surface area (Å²) in [6.07, 6.45) is 0. The Bertz CT molecular complexity index is 1000. The summed E-state index contributed by atoms with van der Waals surface area (Å²) < 4.78 is 16.5. The van der Waals surface area contributed by atoms with Crippen molar-refractivity contribution < 1.29 is 13.7 Å². The first kappa shape index (κ1) is 14.4. The van der Waals surface area contributed by atoms with Gasteiger partial charge >= 0.3 is 0 Å². The summed E-state index contributed by atoms with van der Waals surface area (Å²) in [5, 5.41) is 4.01. The molecule has 2 aromatic heterocycles. The second kappa shape index (κ2) is 5.81. The molecular weight excluding hydrogens is 306 g/mol. The lowest BCUT2D eigenvalue weighted by molar-refractivity contribution is 0.242. The van der Waals surface area contributed by atoms with Crippen LogP contribution >= 0.6 is 0 Å². The number of hydrogen-bond donors (Lipinski definition) is 0. The van der Waals surface area contributed by atoms with E-state index in [2.05, 4.69) is 15.1 Å². The van der Waals surface area contributed by atoms with Gasteiger partial charge in [-0.25, -0.2) is 4.98 Å². The van der Waals surface area contributed by atoms with E-state index in [1.165, 1.54) is 0 Å². The lowest BCUT2D eigenvalue weighted by Crippen LogP contribution is -1.97. The number of rotatable bonds is 4. The summed E-state index contributed by atoms with van der Waals surface area (Å²) in [6.45, 7) is 4.03. The molecule has 0 spiro atoms. The van der Waals surface area contributed by atoms with E-state index in [1.807, 2.05) is 56.3 Å². The van der Waals surface area contributed by atoms with Gasteiger partial charge in [0, 0.05) is 12.5 Å². The van der Waals surface area contributed by atoms with Crippen molar-refractivity contribution in [3.63, 3.8) is 0 Å². The van der Waals surface area contributed by atoms with Gasteiger partial charge in [0.05, 0.1) is 0 Å². The van der Waals surface area contributed by atoms with Gasteiger partial charge in [-0.2, -0.15) is 4.98 Å². The summed E-state index contributed by atoms with van der Waals surface area (Å²) in [4.78, 5) is 8.69. The van der Waals surface area contributed by atoms with Gasteiger partial charge in [-0.1, -0.05) is 23.4 Å². The van der Waals surface area contributed by atoms with Crippen molar-refractivity contribution in [3.05, 3.63) is 59.8 Å². The lowest BCUT2D eigenvalue weighted by atomic mass is 10.2. The van der Waals surface area contributed by atoms with Crippen LogP contribution in [-0.2, 0) is 6.61 Å². The Morgan fingerprint density at radius 3 is 2.79 bits per heavy atom. The maximum absolute atomic E-state index is 5.72. The van der Waals surface area contributed by atoms with Crippen LogP contribution in [0, 0.1) is 13.8 Å². The van der Waals surface area contributed by atoms with Gasteiger partial charge in [-0.3, -0.25) is 0 Å². The third-order valence-corrected chi connectivity index (χ3v) is 3.67. The minimum Gasteiger partial charge on any atom is -0.483 e. The Kier molecular flexibility index (Phi) is 3.49. The molecule has 24 heavy (non-hydrogen) atoms. The first-order valence-electron chi connectivity index (χ1n) is 7.57. The molecule has 0 bridgehead atoms. The highest BCUT2D eigenvalue weighted by Gasteiger charge is 2.12. The van der Waals surface area contributed by atoms with Gasteiger partial charge in [0.1, 0.15) is 11.3 Å². The normalized spacial score (nSPS) is 11.1. The van der Waals surface area contributed by atoms with Gasteiger partial charge in [0.2, 0.25) is 5.82 Å². The van der Waals surface area contributed by atoms with Crippen molar-refractivity contribution in [1.82, 2.24) is 15.1 Å². The zero-order valence-electron chi connectivity index (χ0n) is 13.3. The minimum absolute atomic E-state index is 0.225. The number of aryl methyl sites for hydroxylation is 2. The van der Waals surface area contributed by atoms with Crippen LogP contribution in [0.1, 0.15) is 17.3 Å². The van der Waals surface area contributed by atoms with Crippen LogP contribution < -0.4 is 4.74 Å². The van der Waals surface area contributed by atoms with Gasteiger partial charge in [-0.05, 0) is 36.8 Å². The summed E-state index contributed by atoms with van der Waals surface area (Å²) in [6, 6.07) is 13.4. The molecule has 6 nitrogen and oxygen atoms in total. The predicted molar refractivity (Wildman–Crippen MR) is 87.5 cm³/mol. The molecule has 0 radical (unpaired) electrons. The number of oxazole rings is 1. The summed E-state index contributed by atoms with van der Waals surface area (Å²) in [5.41, 5.74) is 3.39. The van der Waals surface area contributed by atoms with Crippen LogP contribution in [0.3, 0.4) is 0 Å². The van der Waals surface area contributed by atoms with Gasteiger partial charge in [-0.15, -0.1) is 0 Å². The molecule has 0 unspecified atom stereocenters. The fraction of sp³-hybridized carbons (Fsp3) is 0.167. The second-order valence-corrected chi connectivity index (χ2v) is 5.48. The van der Waals surface area contributed by atoms with Crippen molar-refractivity contribution in [2.24, 2.45) is 0 Å². The van der Waals surface area contributed by atoms with Crippen molar-refractivity contribution in [2.45, 2.75) is 20.5 Å². The van der Waals surface area contributed by atoms with Crippen LogP contribution in [-0.4, -0.2) is 15.1 Å². The van der Waals surface area contributed by atoms with E-state index >= 15 is 0 Å². The summed E-state index contributed by atoms with van der Waals surface area (Å²) in [7, 11) is 0. The molecule has 0 aliphatic rings. The summed E-state index contributed by atoms with van der Waals surface area (Å²) >= 11 is 0. The predicted octanol–water partition coefficient (Wildman–Crippen LogP) is 4.07. The maximum Gasteiger partial charge on any atom is 0.264 e. The molecule has 0 aliphatic carbocycles. The molecule has 6 heteroatoms. The molecule has 2 heterocycles. The van der Waals surface area contributed by atoms with E-state index in [0.29, 0.717) is 17.6 Å². The Hall–Kier alpha value is -3.15. The Morgan fingerprint density at radius 1 is 1.04 bits per heavy atom. The van der Waals surface area contributed by atoms with E-state index in [9.17, 15) is 0 Å². The molecule has 0 saturated heterocycles. The third-order valence-electron chi connectivity index (χ3n) is 3.67. The molecule has 0 saturated carbocycles. The van der Waals surface area contributed by atoms with Crippen LogP contribution in [0.5, 0.6) is 5.75 Å². The molecule has 4 aromatic rings. The monoisotopic (exact) mass is 321 g/mol. The molecular formula is C18H15N3O3. The van der Waals surface area contributed by atoms with Gasteiger partial charge < -0.3 is 13.7 Å². The fourth-order valence-corrected chi connectivity index (χ4v) is 2.47. The molecule has 0 amide bonds. The first-order valence-corrected chi connectivity index (χ1v) is 7.57. The minimum atomic E-state index is 0.225. The molecule has 0 aliphatic heterocycles. The molecule has 120 valence electrons. The average Bonchev–Trinajstić information content (AvgIpc) is 3.18. The highest BCUT2D eigenvalue weighted by atomic mass is 16.5. The molecule has 4 rings (SSSR count). The first-order chi connectivity index (χ1) is 11.7. The molecule has 0 N–H and O–H groups in total. The van der Waals surface area contributed by atoms with Crippen molar-refractivity contribution >= 4 is 11.1 Å². The number of fused-ring (bicyclic) bond motifs is 1. The van der Waals surface area contributed by atoms with E-state index in [4.69, 9.17) is 13.7 Å². The van der Waals surface area contributed by atoms with Gasteiger partial charge in [0.25, 0.3) is 5.89 Å². The maximum atomic E-state index is 5.72. The van der Waals surface area contributed by atoms with Crippen molar-refractivity contribution in [3.8, 4) is 17.1 Å². The van der Waals surface area contributed by atoms with Crippen LogP contribution in [0.15, 0.2) is 51.4 Å². The SMILES string of the molecule is Cc1nc2cc(-c3noc(COc4ccccc4C)n3)ccc2o1. The number of benzene rings is 2. The van der Waals surface area contributed by atoms with Crippen LogP contribution in [0.2, 0.25) is 0 Å². The van der Waals surface area contributed by atoms with Crippen molar-refractivity contribution in [1.29, 1.82) is 0 Å². The Balaban J connectivity index is 1.54. The average molecular weight is 321 g/mol. The Morgan fingerprint density at radius 2 is 1.92 bits per heavy atom. The number of aromatic nitrogens is 3. The molecule has 0 atom stereocenters. The quantitative estimate of drug-likeness (QED) is 0.564. The third kappa shape index (κ3) is 2.74. The molecule has 0 fully saturated rings. The highest BCUT2D eigenvalue weighted by Crippen LogP contribution is 2.23. The van der Waals surface area contributed by atoms with Crippen molar-refractivity contribution in [2.75, 3.05) is 0 Å². The number of para-hydroxylation sites is 1. The van der Waals surface area contributed by atoms with Crippen LogP contribution in [0.4, 0.5) is 0 Å². The topological polar surface area (TPSA) is 74.2 Å². The van der Waals surface area contributed by atoms with E-state index in [1.54, 1.807) is 0 Å². The highest BCUT2D eigenvalue weighted by molar-refractivity contribution is 5.78. The zero-order chi connectivity index (χ0) is 16.5. The smallest absolute Gasteiger partial charge is 0.264 e.